The largest absolute Gasteiger partial charge is 0.481 e. The van der Waals surface area contributed by atoms with E-state index in [0.717, 1.165) is 30.2 Å². The maximum Gasteiger partial charge on any atom is 0.304 e. The lowest BCUT2D eigenvalue weighted by atomic mass is 10.2. The van der Waals surface area contributed by atoms with Crippen molar-refractivity contribution >= 4 is 44.8 Å². The van der Waals surface area contributed by atoms with E-state index in [1.54, 1.807) is 16.2 Å². The van der Waals surface area contributed by atoms with Gasteiger partial charge in [0.2, 0.25) is 0 Å². The zero-order valence-electron chi connectivity index (χ0n) is 11.9. The molecule has 1 unspecified atom stereocenters. The molecule has 2 rings (SSSR count). The molecule has 0 spiro atoms. The molecule has 0 bridgehead atoms. The van der Waals surface area contributed by atoms with Crippen LogP contribution in [0.15, 0.2) is 5.38 Å². The Bertz CT molecular complexity index is 503. The van der Waals surface area contributed by atoms with Crippen LogP contribution in [0.2, 0.25) is 0 Å². The molecule has 2 heterocycles. The molecule has 1 saturated heterocycles. The molecule has 6 nitrogen and oxygen atoms in total. The highest BCUT2D eigenvalue weighted by Crippen LogP contribution is 2.30. The van der Waals surface area contributed by atoms with Crippen LogP contribution in [0.5, 0.6) is 0 Å². The highest BCUT2D eigenvalue weighted by atomic mass is 33.1. The molecule has 1 aromatic heterocycles. The van der Waals surface area contributed by atoms with Crippen molar-refractivity contribution in [2.45, 2.75) is 25.4 Å². The maximum atomic E-state index is 11.9. The molecule has 22 heavy (non-hydrogen) atoms. The minimum atomic E-state index is -0.785. The summed E-state index contributed by atoms with van der Waals surface area (Å²) in [5.74, 6) is 0.354. The van der Waals surface area contributed by atoms with Crippen LogP contribution in [0.25, 0.3) is 0 Å². The van der Waals surface area contributed by atoms with Gasteiger partial charge in [0.25, 0.3) is 5.91 Å². The first-order valence-electron chi connectivity index (χ1n) is 6.98. The van der Waals surface area contributed by atoms with Gasteiger partial charge in [0.05, 0.1) is 6.42 Å². The van der Waals surface area contributed by atoms with Gasteiger partial charge in [0.1, 0.15) is 16.8 Å². The number of ether oxygens (including phenoxy) is 1. The van der Waals surface area contributed by atoms with E-state index >= 15 is 0 Å². The second-order valence-corrected chi connectivity index (χ2v) is 8.21. The molecule has 0 aliphatic carbocycles. The van der Waals surface area contributed by atoms with Crippen LogP contribution in [0, 0.1) is 0 Å². The lowest BCUT2D eigenvalue weighted by Crippen LogP contribution is -2.26. The van der Waals surface area contributed by atoms with Crippen molar-refractivity contribution in [3.05, 3.63) is 16.1 Å². The van der Waals surface area contributed by atoms with Gasteiger partial charge in [-0.25, -0.2) is 4.98 Å². The van der Waals surface area contributed by atoms with Gasteiger partial charge in [-0.15, -0.1) is 11.3 Å². The number of nitrogens with one attached hydrogen (secondary N) is 1. The Balaban J connectivity index is 1.62. The molecule has 0 aromatic carbocycles. The number of carbonyl (C=O) groups is 2. The first kappa shape index (κ1) is 17.6. The summed E-state index contributed by atoms with van der Waals surface area (Å²) in [6.07, 6.45) is 2.23. The van der Waals surface area contributed by atoms with Gasteiger partial charge < -0.3 is 15.2 Å². The van der Waals surface area contributed by atoms with Gasteiger partial charge in [-0.1, -0.05) is 21.6 Å². The van der Waals surface area contributed by atoms with E-state index in [9.17, 15) is 9.59 Å². The number of aromatic nitrogens is 1. The molecule has 1 amide bonds. The molecular weight excluding hydrogens is 344 g/mol. The second kappa shape index (κ2) is 9.39. The zero-order chi connectivity index (χ0) is 15.8. The fourth-order valence-electron chi connectivity index (χ4n) is 1.86. The Morgan fingerprint density at radius 3 is 3.00 bits per heavy atom. The number of hydrogen-bond acceptors (Lipinski definition) is 7. The lowest BCUT2D eigenvalue weighted by Gasteiger charge is -2.04. The monoisotopic (exact) mass is 362 g/mol. The average molecular weight is 362 g/mol. The Labute approximate surface area is 140 Å². The standard InChI is InChI=1S/C13H18N2O4S3/c16-11(17)3-6-21-22-7-4-14-12(18)9-8-20-13(15-9)10-2-1-5-19-10/h8,10H,1-7H2,(H,14,18)(H,16,17). The summed E-state index contributed by atoms with van der Waals surface area (Å²) in [6, 6.07) is 0. The highest BCUT2D eigenvalue weighted by Gasteiger charge is 2.22. The molecule has 1 aliphatic heterocycles. The number of amides is 1. The Kier molecular flexibility index (Phi) is 7.50. The van der Waals surface area contributed by atoms with Crippen molar-refractivity contribution in [3.63, 3.8) is 0 Å². The van der Waals surface area contributed by atoms with Crippen molar-refractivity contribution < 1.29 is 19.4 Å². The van der Waals surface area contributed by atoms with Crippen LogP contribution < -0.4 is 5.32 Å². The molecule has 2 N–H and O–H groups in total. The van der Waals surface area contributed by atoms with E-state index in [4.69, 9.17) is 9.84 Å². The lowest BCUT2D eigenvalue weighted by molar-refractivity contribution is -0.136. The van der Waals surface area contributed by atoms with E-state index in [-0.39, 0.29) is 18.4 Å². The first-order chi connectivity index (χ1) is 10.7. The molecule has 1 fully saturated rings. The number of carbonyl (C=O) groups excluding carboxylic acids is 1. The van der Waals surface area contributed by atoms with Crippen molar-refractivity contribution in [3.8, 4) is 0 Å². The van der Waals surface area contributed by atoms with Gasteiger partial charge in [0.15, 0.2) is 0 Å². The number of carboxylic acids is 1. The van der Waals surface area contributed by atoms with E-state index in [2.05, 4.69) is 10.3 Å². The smallest absolute Gasteiger partial charge is 0.304 e. The van der Waals surface area contributed by atoms with Crippen LogP contribution in [0.3, 0.4) is 0 Å². The fraction of sp³-hybridized carbons (Fsp3) is 0.615. The Morgan fingerprint density at radius 1 is 1.45 bits per heavy atom. The SMILES string of the molecule is O=C(O)CCSSCCNC(=O)c1csc(C2CCCO2)n1. The van der Waals surface area contributed by atoms with Crippen LogP contribution in [0.4, 0.5) is 0 Å². The molecule has 1 aliphatic rings. The Morgan fingerprint density at radius 2 is 2.27 bits per heavy atom. The van der Waals surface area contributed by atoms with Crippen LogP contribution in [-0.4, -0.2) is 46.6 Å². The van der Waals surface area contributed by atoms with E-state index < -0.39 is 5.97 Å². The van der Waals surface area contributed by atoms with E-state index in [1.807, 2.05) is 0 Å². The molecule has 0 radical (unpaired) electrons. The van der Waals surface area contributed by atoms with Gasteiger partial charge >= 0.3 is 5.97 Å². The number of nitrogens with zero attached hydrogens (tertiary/aromatic N) is 1. The molecule has 1 aromatic rings. The van der Waals surface area contributed by atoms with E-state index in [1.165, 1.54) is 22.1 Å². The summed E-state index contributed by atoms with van der Waals surface area (Å²) in [5.41, 5.74) is 0.444. The number of carboxylic acid groups (broad SMARTS) is 1. The van der Waals surface area contributed by atoms with Crippen LogP contribution >= 0.6 is 32.9 Å². The molecular formula is C13H18N2O4S3. The number of hydrogen-bond donors (Lipinski definition) is 2. The molecule has 0 saturated carbocycles. The van der Waals surface area contributed by atoms with Crippen molar-refractivity contribution in [2.75, 3.05) is 24.7 Å². The van der Waals surface area contributed by atoms with Crippen molar-refractivity contribution in [1.29, 1.82) is 0 Å². The topological polar surface area (TPSA) is 88.5 Å². The summed E-state index contributed by atoms with van der Waals surface area (Å²) in [6.45, 7) is 1.30. The third kappa shape index (κ3) is 5.79. The quantitative estimate of drug-likeness (QED) is 0.515. The second-order valence-electron chi connectivity index (χ2n) is 4.62. The van der Waals surface area contributed by atoms with E-state index in [0.29, 0.717) is 18.0 Å². The van der Waals surface area contributed by atoms with Crippen LogP contribution in [0.1, 0.15) is 40.9 Å². The first-order valence-corrected chi connectivity index (χ1v) is 10.3. The molecule has 9 heteroatoms. The fourth-order valence-corrected chi connectivity index (χ4v) is 4.62. The van der Waals surface area contributed by atoms with Gasteiger partial charge in [-0.2, -0.15) is 0 Å². The third-order valence-electron chi connectivity index (χ3n) is 2.91. The third-order valence-corrected chi connectivity index (χ3v) is 6.26. The predicted molar refractivity (Wildman–Crippen MR) is 89.5 cm³/mol. The minimum Gasteiger partial charge on any atom is -0.481 e. The highest BCUT2D eigenvalue weighted by molar-refractivity contribution is 8.76. The summed E-state index contributed by atoms with van der Waals surface area (Å²) in [4.78, 5) is 26.6. The van der Waals surface area contributed by atoms with Gasteiger partial charge in [-0.3, -0.25) is 9.59 Å². The summed E-state index contributed by atoms with van der Waals surface area (Å²) >= 11 is 1.47. The average Bonchev–Trinajstić information content (AvgIpc) is 3.16. The Hall–Kier alpha value is -0.770. The number of rotatable bonds is 9. The van der Waals surface area contributed by atoms with Gasteiger partial charge in [-0.05, 0) is 12.8 Å². The van der Waals surface area contributed by atoms with Crippen molar-refractivity contribution in [1.82, 2.24) is 10.3 Å². The maximum absolute atomic E-state index is 11.9. The number of thiazole rings is 1. The molecule has 122 valence electrons. The summed E-state index contributed by atoms with van der Waals surface area (Å²) in [7, 11) is 3.06. The van der Waals surface area contributed by atoms with Crippen molar-refractivity contribution in [2.24, 2.45) is 0 Å². The summed E-state index contributed by atoms with van der Waals surface area (Å²) < 4.78 is 5.55. The number of aliphatic carboxylic acids is 1. The van der Waals surface area contributed by atoms with Gasteiger partial charge in [0, 0.05) is 30.0 Å². The van der Waals surface area contributed by atoms with Crippen LogP contribution in [-0.2, 0) is 9.53 Å². The normalized spacial score (nSPS) is 17.5. The zero-order valence-corrected chi connectivity index (χ0v) is 14.4. The predicted octanol–water partition coefficient (Wildman–Crippen LogP) is 2.58. The molecule has 1 atom stereocenters. The minimum absolute atomic E-state index is 0.0488. The summed E-state index contributed by atoms with van der Waals surface area (Å²) in [5, 5.41) is 14.0.